The Morgan fingerprint density at radius 3 is 2.47 bits per heavy atom. The molecule has 0 unspecified atom stereocenters. The monoisotopic (exact) mass is 664 g/mol. The first-order valence-electron chi connectivity index (χ1n) is 14.5. The number of methoxy groups -OCH3 is 1. The third kappa shape index (κ3) is 6.55. The van der Waals surface area contributed by atoms with Gasteiger partial charge < -0.3 is 25.0 Å². The Morgan fingerprint density at radius 2 is 1.72 bits per heavy atom. The second kappa shape index (κ2) is 12.9. The SMILES string of the molecule is COc1cc(OC2CC(N3CCN(C)CC3)C2)c(C)cc1Nc1ncc(Br)c(Nc2ccc3nccnc3c2P(C)C)n1. The number of ether oxygens (including phenoxy) is 2. The predicted octanol–water partition coefficient (Wildman–Crippen LogP) is 5.51. The number of nitrogens with zero attached hydrogens (tertiary/aromatic N) is 6. The topological polar surface area (TPSA) is 101 Å². The molecule has 12 heteroatoms. The number of fused-ring (bicyclic) bond motifs is 1. The van der Waals surface area contributed by atoms with E-state index in [9.17, 15) is 0 Å². The molecule has 1 saturated heterocycles. The molecule has 2 aromatic heterocycles. The summed E-state index contributed by atoms with van der Waals surface area (Å²) in [5.74, 6) is 2.62. The van der Waals surface area contributed by atoms with E-state index >= 15 is 0 Å². The normalized spacial score (nSPS) is 19.3. The van der Waals surface area contributed by atoms with Crippen LogP contribution in [0.1, 0.15) is 18.4 Å². The Kier molecular flexibility index (Phi) is 8.95. The molecule has 6 rings (SSSR count). The zero-order valence-electron chi connectivity index (χ0n) is 25.3. The molecule has 226 valence electrons. The lowest BCUT2D eigenvalue weighted by Gasteiger charge is -2.45. The van der Waals surface area contributed by atoms with Crippen LogP contribution in [0, 0.1) is 6.92 Å². The van der Waals surface area contributed by atoms with Crippen LogP contribution in [0.3, 0.4) is 0 Å². The third-order valence-corrected chi connectivity index (χ3v) is 10.1. The Balaban J connectivity index is 1.17. The molecule has 2 aromatic carbocycles. The number of rotatable bonds is 9. The van der Waals surface area contributed by atoms with Gasteiger partial charge in [-0.25, -0.2) is 4.98 Å². The summed E-state index contributed by atoms with van der Waals surface area (Å²) < 4.78 is 12.9. The van der Waals surface area contributed by atoms with Gasteiger partial charge in [-0.15, -0.1) is 0 Å². The number of nitrogens with one attached hydrogen (secondary N) is 2. The molecule has 43 heavy (non-hydrogen) atoms. The summed E-state index contributed by atoms with van der Waals surface area (Å²) >= 11 is 3.62. The number of halogens is 1. The van der Waals surface area contributed by atoms with Crippen molar-refractivity contribution in [2.24, 2.45) is 0 Å². The van der Waals surface area contributed by atoms with Gasteiger partial charge in [-0.3, -0.25) is 14.9 Å². The van der Waals surface area contributed by atoms with Gasteiger partial charge in [0.1, 0.15) is 23.4 Å². The Labute approximate surface area is 262 Å². The van der Waals surface area contributed by atoms with Crippen LogP contribution in [-0.4, -0.2) is 95.5 Å². The second-order valence-corrected chi connectivity index (χ2v) is 14.5. The molecular formula is C31H38BrN8O2P. The van der Waals surface area contributed by atoms with Crippen molar-refractivity contribution in [2.45, 2.75) is 31.9 Å². The van der Waals surface area contributed by atoms with Crippen LogP contribution in [0.5, 0.6) is 11.5 Å². The van der Waals surface area contributed by atoms with E-state index in [0.717, 1.165) is 82.5 Å². The van der Waals surface area contributed by atoms with Gasteiger partial charge in [0, 0.05) is 80.7 Å². The molecule has 1 saturated carbocycles. The molecule has 1 aliphatic heterocycles. The average molecular weight is 666 g/mol. The van der Waals surface area contributed by atoms with Gasteiger partial charge in [0.25, 0.3) is 0 Å². The van der Waals surface area contributed by atoms with Crippen LogP contribution in [0.15, 0.2) is 47.3 Å². The number of anilines is 4. The Morgan fingerprint density at radius 1 is 0.953 bits per heavy atom. The van der Waals surface area contributed by atoms with Gasteiger partial charge >= 0.3 is 0 Å². The summed E-state index contributed by atoms with van der Waals surface area (Å²) in [5, 5.41) is 8.01. The number of piperazine rings is 1. The van der Waals surface area contributed by atoms with E-state index in [2.05, 4.69) is 78.6 Å². The zero-order chi connectivity index (χ0) is 30.1. The van der Waals surface area contributed by atoms with E-state index in [1.54, 1.807) is 25.7 Å². The van der Waals surface area contributed by atoms with E-state index < -0.39 is 7.92 Å². The van der Waals surface area contributed by atoms with Crippen molar-refractivity contribution in [1.82, 2.24) is 29.7 Å². The van der Waals surface area contributed by atoms with Crippen LogP contribution in [0.25, 0.3) is 11.0 Å². The number of benzene rings is 2. The maximum absolute atomic E-state index is 6.43. The highest BCUT2D eigenvalue weighted by Crippen LogP contribution is 2.38. The molecule has 2 fully saturated rings. The standard InChI is InChI=1S/C31H38BrN8O2P/c1-19-14-25(27(41-3)17-26(19)42-21-15-20(16-21)40-12-10-39(2)11-13-40)37-31-35-18-22(32)30(38-31)36-24-7-6-23-28(29(24)43(4)5)34-9-8-33-23/h6-9,14,17-18,20-21H,10-13,15-16H2,1-5H3,(H2,35,36,37,38). The summed E-state index contributed by atoms with van der Waals surface area (Å²) in [7, 11) is 3.40. The maximum Gasteiger partial charge on any atom is 0.229 e. The minimum atomic E-state index is -0.466. The van der Waals surface area contributed by atoms with E-state index in [0.29, 0.717) is 23.6 Å². The zero-order valence-corrected chi connectivity index (χ0v) is 27.7. The smallest absolute Gasteiger partial charge is 0.229 e. The molecule has 0 spiro atoms. The van der Waals surface area contributed by atoms with Crippen molar-refractivity contribution in [3.63, 3.8) is 0 Å². The summed E-state index contributed by atoms with van der Waals surface area (Å²) in [4.78, 5) is 23.4. The fourth-order valence-corrected chi connectivity index (χ4v) is 7.20. The lowest BCUT2D eigenvalue weighted by Crippen LogP contribution is -2.55. The Hall–Kier alpha value is -3.11. The summed E-state index contributed by atoms with van der Waals surface area (Å²) in [6.07, 6.45) is 7.56. The van der Waals surface area contributed by atoms with E-state index in [1.807, 2.05) is 24.3 Å². The fraction of sp³-hybridized carbons (Fsp3) is 0.419. The molecule has 10 nitrogen and oxygen atoms in total. The van der Waals surface area contributed by atoms with Crippen molar-refractivity contribution in [3.05, 3.63) is 52.9 Å². The van der Waals surface area contributed by atoms with Crippen LogP contribution < -0.4 is 25.4 Å². The van der Waals surface area contributed by atoms with Gasteiger partial charge in [0.05, 0.1) is 28.3 Å². The average Bonchev–Trinajstić information content (AvgIpc) is 2.97. The quantitative estimate of drug-likeness (QED) is 0.223. The van der Waals surface area contributed by atoms with Crippen LogP contribution in [0.4, 0.5) is 23.1 Å². The van der Waals surface area contributed by atoms with Crippen LogP contribution in [-0.2, 0) is 0 Å². The van der Waals surface area contributed by atoms with Gasteiger partial charge in [0.2, 0.25) is 5.95 Å². The summed E-state index contributed by atoms with van der Waals surface area (Å²) in [6, 6.07) is 8.64. The predicted molar refractivity (Wildman–Crippen MR) is 178 cm³/mol. The largest absolute Gasteiger partial charge is 0.494 e. The molecule has 0 amide bonds. The van der Waals surface area contributed by atoms with E-state index in [4.69, 9.17) is 14.5 Å². The molecular weight excluding hydrogens is 627 g/mol. The highest BCUT2D eigenvalue weighted by molar-refractivity contribution is 9.10. The minimum Gasteiger partial charge on any atom is -0.494 e. The van der Waals surface area contributed by atoms with Crippen molar-refractivity contribution < 1.29 is 9.47 Å². The van der Waals surface area contributed by atoms with Gasteiger partial charge in [-0.2, -0.15) is 4.98 Å². The molecule has 0 atom stereocenters. The van der Waals surface area contributed by atoms with Crippen LogP contribution >= 0.6 is 23.9 Å². The molecule has 0 bridgehead atoms. The lowest BCUT2D eigenvalue weighted by molar-refractivity contribution is -0.00226. The number of likely N-dealkylation sites (N-methyl/N-ethyl adjacent to an activating group) is 1. The lowest BCUT2D eigenvalue weighted by atomic mass is 9.87. The second-order valence-electron chi connectivity index (χ2n) is 11.4. The fourth-order valence-electron chi connectivity index (χ4n) is 5.70. The first kappa shape index (κ1) is 29.9. The van der Waals surface area contributed by atoms with Crippen molar-refractivity contribution in [2.75, 3.05) is 64.3 Å². The van der Waals surface area contributed by atoms with E-state index in [-0.39, 0.29) is 6.10 Å². The van der Waals surface area contributed by atoms with Crippen molar-refractivity contribution >= 4 is 63.3 Å². The van der Waals surface area contributed by atoms with E-state index in [1.165, 1.54) is 0 Å². The number of hydrogen-bond donors (Lipinski definition) is 2. The first-order valence-corrected chi connectivity index (χ1v) is 17.6. The molecule has 0 radical (unpaired) electrons. The number of hydrogen-bond acceptors (Lipinski definition) is 10. The number of aromatic nitrogens is 4. The molecule has 2 N–H and O–H groups in total. The molecule has 4 aromatic rings. The molecule has 2 aliphatic rings. The first-order chi connectivity index (χ1) is 20.8. The summed E-state index contributed by atoms with van der Waals surface area (Å²) in [5.41, 5.74) is 4.55. The maximum atomic E-state index is 6.43. The van der Waals surface area contributed by atoms with Gasteiger partial charge in [-0.1, -0.05) is 7.92 Å². The summed E-state index contributed by atoms with van der Waals surface area (Å²) in [6.45, 7) is 11.1. The van der Waals surface area contributed by atoms with Crippen LogP contribution in [0.2, 0.25) is 0 Å². The third-order valence-electron chi connectivity index (χ3n) is 8.22. The van der Waals surface area contributed by atoms with Gasteiger partial charge in [-0.05, 0) is 67.0 Å². The molecule has 1 aliphatic carbocycles. The van der Waals surface area contributed by atoms with Crippen molar-refractivity contribution in [3.8, 4) is 11.5 Å². The van der Waals surface area contributed by atoms with Crippen molar-refractivity contribution in [1.29, 1.82) is 0 Å². The number of aryl methyl sites for hydroxylation is 1. The highest BCUT2D eigenvalue weighted by Gasteiger charge is 2.36. The highest BCUT2D eigenvalue weighted by atomic mass is 79.9. The van der Waals surface area contributed by atoms with Gasteiger partial charge in [0.15, 0.2) is 0 Å². The molecule has 3 heterocycles. The minimum absolute atomic E-state index is 0.230. The Bertz CT molecular complexity index is 1610.